The smallest absolute Gasteiger partial charge is 0.0656 e. The molecule has 2 aromatic rings. The molecule has 2 aromatic carbocycles. The first-order valence-electron chi connectivity index (χ1n) is 9.55. The Kier molecular flexibility index (Phi) is 4.40. The lowest BCUT2D eigenvalue weighted by atomic mass is 9.82. The second-order valence-electron chi connectivity index (χ2n) is 8.92. The van der Waals surface area contributed by atoms with Crippen LogP contribution in [-0.4, -0.2) is 8.07 Å². The van der Waals surface area contributed by atoms with Gasteiger partial charge in [-0.1, -0.05) is 94.4 Å². The summed E-state index contributed by atoms with van der Waals surface area (Å²) in [6, 6.07) is 13.7. The molecular formula is C24H27BrSi. The molecule has 134 valence electrons. The van der Waals surface area contributed by atoms with Gasteiger partial charge in [-0.2, -0.15) is 0 Å². The van der Waals surface area contributed by atoms with Crippen LogP contribution in [0.3, 0.4) is 0 Å². The molecule has 2 unspecified atom stereocenters. The van der Waals surface area contributed by atoms with Gasteiger partial charge in [0.25, 0.3) is 0 Å². The van der Waals surface area contributed by atoms with E-state index in [4.69, 9.17) is 0 Å². The molecule has 4 rings (SSSR count). The van der Waals surface area contributed by atoms with Crippen molar-refractivity contribution in [3.8, 4) is 0 Å². The van der Waals surface area contributed by atoms with Crippen LogP contribution in [-0.2, 0) is 0 Å². The topological polar surface area (TPSA) is 0 Å². The maximum atomic E-state index is 3.73. The summed E-state index contributed by atoms with van der Waals surface area (Å²) in [7, 11) is -1.33. The lowest BCUT2D eigenvalue weighted by Gasteiger charge is -2.24. The van der Waals surface area contributed by atoms with Crippen molar-refractivity contribution in [1.29, 1.82) is 0 Å². The summed E-state index contributed by atoms with van der Waals surface area (Å²) in [6.45, 7) is 12.0. The predicted molar refractivity (Wildman–Crippen MR) is 121 cm³/mol. The molecule has 0 saturated heterocycles. The Bertz CT molecular complexity index is 943. The molecule has 0 aliphatic heterocycles. The molecule has 0 aromatic heterocycles. The van der Waals surface area contributed by atoms with Crippen molar-refractivity contribution in [2.75, 3.05) is 0 Å². The van der Waals surface area contributed by atoms with E-state index in [9.17, 15) is 0 Å². The molecule has 2 aliphatic carbocycles. The van der Waals surface area contributed by atoms with Crippen LogP contribution in [0.15, 0.2) is 52.0 Å². The zero-order valence-corrected chi connectivity index (χ0v) is 18.9. The molecule has 0 N–H and O–H groups in total. The van der Waals surface area contributed by atoms with E-state index in [0.717, 1.165) is 0 Å². The van der Waals surface area contributed by atoms with E-state index in [1.807, 2.05) is 0 Å². The van der Waals surface area contributed by atoms with Gasteiger partial charge in [-0.15, -0.1) is 0 Å². The van der Waals surface area contributed by atoms with Crippen molar-refractivity contribution in [3.05, 3.63) is 74.3 Å². The fourth-order valence-corrected chi connectivity index (χ4v) is 6.84. The van der Waals surface area contributed by atoms with E-state index < -0.39 is 8.07 Å². The molecule has 0 radical (unpaired) electrons. The van der Waals surface area contributed by atoms with Crippen molar-refractivity contribution in [2.45, 2.75) is 51.7 Å². The van der Waals surface area contributed by atoms with Crippen molar-refractivity contribution < 1.29 is 0 Å². The fraction of sp³-hybridized carbons (Fsp3) is 0.333. The average Bonchev–Trinajstić information content (AvgIpc) is 3.05. The van der Waals surface area contributed by atoms with Gasteiger partial charge in [0.1, 0.15) is 0 Å². The maximum Gasteiger partial charge on any atom is 0.0783 e. The van der Waals surface area contributed by atoms with E-state index in [0.29, 0.717) is 11.8 Å². The molecular weight excluding hydrogens is 396 g/mol. The second kappa shape index (κ2) is 6.35. The van der Waals surface area contributed by atoms with E-state index in [1.165, 1.54) is 38.7 Å². The van der Waals surface area contributed by atoms with Crippen molar-refractivity contribution in [2.24, 2.45) is 0 Å². The van der Waals surface area contributed by atoms with Gasteiger partial charge in [0.05, 0.1) is 8.07 Å². The van der Waals surface area contributed by atoms with Crippen molar-refractivity contribution in [3.63, 3.8) is 0 Å². The quantitative estimate of drug-likeness (QED) is 0.463. The van der Waals surface area contributed by atoms with Crippen LogP contribution in [0.1, 0.15) is 54.4 Å². The van der Waals surface area contributed by atoms with E-state index in [-0.39, 0.29) is 0 Å². The van der Waals surface area contributed by atoms with Gasteiger partial charge in [0.15, 0.2) is 0 Å². The molecule has 0 saturated carbocycles. The average molecular weight is 423 g/mol. The van der Waals surface area contributed by atoms with Crippen molar-refractivity contribution in [1.82, 2.24) is 0 Å². The van der Waals surface area contributed by atoms with Gasteiger partial charge >= 0.3 is 0 Å². The van der Waals surface area contributed by atoms with Crippen LogP contribution in [0.25, 0.3) is 12.2 Å². The minimum absolute atomic E-state index is 0.525. The van der Waals surface area contributed by atoms with Crippen LogP contribution in [0.4, 0.5) is 0 Å². The van der Waals surface area contributed by atoms with Crippen LogP contribution in [0.2, 0.25) is 19.6 Å². The summed E-state index contributed by atoms with van der Waals surface area (Å²) in [4.78, 5) is 0. The largest absolute Gasteiger partial charge is 0.0783 e. The first-order valence-corrected chi connectivity index (χ1v) is 13.8. The highest BCUT2D eigenvalue weighted by molar-refractivity contribution is 9.10. The van der Waals surface area contributed by atoms with Gasteiger partial charge in [0, 0.05) is 16.3 Å². The molecule has 2 heteroatoms. The Balaban J connectivity index is 1.72. The molecule has 0 fully saturated rings. The number of hydrogen-bond donors (Lipinski definition) is 0. The first-order chi connectivity index (χ1) is 12.3. The summed E-state index contributed by atoms with van der Waals surface area (Å²) in [6.07, 6.45) is 6.02. The first kappa shape index (κ1) is 18.0. The molecule has 0 spiro atoms. The Hall–Kier alpha value is -1.38. The number of rotatable bonds is 3. The Morgan fingerprint density at radius 1 is 0.808 bits per heavy atom. The Morgan fingerprint density at radius 2 is 1.35 bits per heavy atom. The predicted octanol–water partition coefficient (Wildman–Crippen LogP) is 7.09. The number of fused-ring (bicyclic) bond motifs is 2. The van der Waals surface area contributed by atoms with Gasteiger partial charge in [-0.3, -0.25) is 0 Å². The third-order valence-corrected chi connectivity index (χ3v) is 8.84. The molecule has 0 nitrogen and oxygen atoms in total. The molecule has 2 aliphatic rings. The monoisotopic (exact) mass is 422 g/mol. The van der Waals surface area contributed by atoms with Crippen molar-refractivity contribution >= 4 is 41.3 Å². The van der Waals surface area contributed by atoms with Gasteiger partial charge in [-0.05, 0) is 48.6 Å². The summed E-state index contributed by atoms with van der Waals surface area (Å²) >= 11 is 3.73. The Labute approximate surface area is 167 Å². The second-order valence-corrected chi connectivity index (χ2v) is 14.8. The maximum absolute atomic E-state index is 3.73. The van der Waals surface area contributed by atoms with Crippen LogP contribution < -0.4 is 5.19 Å². The van der Waals surface area contributed by atoms with E-state index in [1.54, 1.807) is 10.8 Å². The molecule has 0 heterocycles. The molecule has 2 atom stereocenters. The third-order valence-electron chi connectivity index (χ3n) is 6.10. The van der Waals surface area contributed by atoms with Crippen LogP contribution in [0.5, 0.6) is 0 Å². The highest BCUT2D eigenvalue weighted by atomic mass is 79.9. The highest BCUT2D eigenvalue weighted by Crippen LogP contribution is 2.48. The summed E-state index contributed by atoms with van der Waals surface area (Å²) < 4.78 is 1.22. The fourth-order valence-electron chi connectivity index (χ4n) is 4.72. The minimum atomic E-state index is -1.33. The normalized spacial score (nSPS) is 21.3. The van der Waals surface area contributed by atoms with E-state index in [2.05, 4.69) is 98.0 Å². The standard InChI is InChI=1S/C24H27BrSi/c1-15-12-21-17(8-6-10-23(21)25)19(15)14-20-16(2)13-22-18(20)9-7-11-24(22)26(3,4)5/h6-13,19-20H,14H2,1-5H3. The number of allylic oxidation sites excluding steroid dienone is 2. The number of benzene rings is 2. The molecule has 0 bridgehead atoms. The van der Waals surface area contributed by atoms with Gasteiger partial charge in [0.2, 0.25) is 0 Å². The molecule has 26 heavy (non-hydrogen) atoms. The summed E-state index contributed by atoms with van der Waals surface area (Å²) in [5, 5.41) is 1.61. The van der Waals surface area contributed by atoms with Crippen LogP contribution in [0, 0.1) is 0 Å². The van der Waals surface area contributed by atoms with Gasteiger partial charge < -0.3 is 0 Å². The Morgan fingerprint density at radius 3 is 1.96 bits per heavy atom. The zero-order chi connectivity index (χ0) is 18.6. The minimum Gasteiger partial charge on any atom is -0.0656 e. The molecule has 0 amide bonds. The third kappa shape index (κ3) is 2.88. The lowest BCUT2D eigenvalue weighted by Crippen LogP contribution is -2.39. The van der Waals surface area contributed by atoms with E-state index >= 15 is 0 Å². The summed E-state index contributed by atoms with van der Waals surface area (Å²) in [5.74, 6) is 1.07. The zero-order valence-electron chi connectivity index (χ0n) is 16.4. The highest BCUT2D eigenvalue weighted by Gasteiger charge is 2.33. The lowest BCUT2D eigenvalue weighted by molar-refractivity contribution is 0.642. The van der Waals surface area contributed by atoms with Gasteiger partial charge in [-0.25, -0.2) is 0 Å². The summed E-state index contributed by atoms with van der Waals surface area (Å²) in [5.41, 5.74) is 8.98. The van der Waals surface area contributed by atoms with Crippen LogP contribution >= 0.6 is 15.9 Å². The SMILES string of the molecule is CC1=Cc2c(Br)cccc2C1CC1C(C)=Cc2c1cccc2[Si](C)(C)C. The number of halogens is 1. The number of hydrogen-bond acceptors (Lipinski definition) is 0.